The Morgan fingerprint density at radius 1 is 1.56 bits per heavy atom. The Kier molecular flexibility index (Phi) is 4.83. The van der Waals surface area contributed by atoms with E-state index in [-0.39, 0.29) is 27.4 Å². The summed E-state index contributed by atoms with van der Waals surface area (Å²) in [5.41, 5.74) is 6.24. The third-order valence-corrected chi connectivity index (χ3v) is 3.20. The maximum Gasteiger partial charge on any atom is 0.255 e. The maximum atomic E-state index is 12.1. The van der Waals surface area contributed by atoms with Gasteiger partial charge < -0.3 is 10.6 Å². The standard InChI is InChI=1S/C12H13Cl2N3O/c1-7(5-15)6-17(2)12(18)9-3-8(16)4-10(13)11(9)14/h3-4,7H,6,16H2,1-2H3. The van der Waals surface area contributed by atoms with Gasteiger partial charge in [0, 0.05) is 19.3 Å². The van der Waals surface area contributed by atoms with Crippen LogP contribution in [0, 0.1) is 17.2 Å². The predicted molar refractivity (Wildman–Crippen MR) is 72.6 cm³/mol. The molecule has 0 saturated heterocycles. The highest BCUT2D eigenvalue weighted by molar-refractivity contribution is 6.44. The average Bonchev–Trinajstić information content (AvgIpc) is 2.32. The van der Waals surface area contributed by atoms with E-state index >= 15 is 0 Å². The van der Waals surface area contributed by atoms with E-state index in [1.807, 2.05) is 0 Å². The van der Waals surface area contributed by atoms with Gasteiger partial charge >= 0.3 is 0 Å². The monoisotopic (exact) mass is 285 g/mol. The first-order valence-corrected chi connectivity index (χ1v) is 6.02. The zero-order valence-corrected chi connectivity index (χ0v) is 11.6. The lowest BCUT2D eigenvalue weighted by Gasteiger charge is -2.19. The summed E-state index contributed by atoms with van der Waals surface area (Å²) < 4.78 is 0. The molecule has 1 rings (SSSR count). The molecule has 0 fully saturated rings. The van der Waals surface area contributed by atoms with Crippen molar-refractivity contribution in [1.82, 2.24) is 4.90 Å². The Labute approximate surface area is 116 Å². The number of nitriles is 1. The van der Waals surface area contributed by atoms with Gasteiger partial charge in [-0.1, -0.05) is 23.2 Å². The van der Waals surface area contributed by atoms with Gasteiger partial charge in [-0.25, -0.2) is 0 Å². The second kappa shape index (κ2) is 5.94. The molecule has 1 atom stereocenters. The first-order valence-electron chi connectivity index (χ1n) is 5.26. The fourth-order valence-corrected chi connectivity index (χ4v) is 1.92. The van der Waals surface area contributed by atoms with Crippen molar-refractivity contribution >= 4 is 34.8 Å². The predicted octanol–water partition coefficient (Wildman–Crippen LogP) is 2.81. The number of benzene rings is 1. The van der Waals surface area contributed by atoms with Crippen LogP contribution in [-0.4, -0.2) is 24.4 Å². The van der Waals surface area contributed by atoms with Crippen LogP contribution in [0.4, 0.5) is 5.69 Å². The molecule has 96 valence electrons. The van der Waals surface area contributed by atoms with Crippen molar-refractivity contribution in [3.63, 3.8) is 0 Å². The third kappa shape index (κ3) is 3.28. The number of nitrogen functional groups attached to an aromatic ring is 1. The first-order chi connectivity index (χ1) is 8.36. The van der Waals surface area contributed by atoms with E-state index in [0.717, 1.165) is 0 Å². The SMILES string of the molecule is CC(C#N)CN(C)C(=O)c1cc(N)cc(Cl)c1Cl. The van der Waals surface area contributed by atoms with E-state index < -0.39 is 0 Å². The van der Waals surface area contributed by atoms with E-state index in [9.17, 15) is 4.79 Å². The Morgan fingerprint density at radius 3 is 2.72 bits per heavy atom. The van der Waals surface area contributed by atoms with Gasteiger partial charge in [0.05, 0.1) is 27.6 Å². The summed E-state index contributed by atoms with van der Waals surface area (Å²) in [6.45, 7) is 2.05. The summed E-state index contributed by atoms with van der Waals surface area (Å²) in [5.74, 6) is -0.564. The number of carbonyl (C=O) groups is 1. The lowest BCUT2D eigenvalue weighted by atomic mass is 10.1. The molecular formula is C12H13Cl2N3O. The first kappa shape index (κ1) is 14.6. The Morgan fingerprint density at radius 2 is 2.17 bits per heavy atom. The van der Waals surface area contributed by atoms with Crippen molar-refractivity contribution in [2.45, 2.75) is 6.92 Å². The van der Waals surface area contributed by atoms with E-state index in [4.69, 9.17) is 34.2 Å². The molecule has 2 N–H and O–H groups in total. The Bertz CT molecular complexity index is 511. The summed E-state index contributed by atoms with van der Waals surface area (Å²) >= 11 is 11.8. The van der Waals surface area contributed by atoms with Crippen molar-refractivity contribution in [3.05, 3.63) is 27.7 Å². The lowest BCUT2D eigenvalue weighted by molar-refractivity contribution is 0.0785. The van der Waals surface area contributed by atoms with Gasteiger partial charge in [0.15, 0.2) is 0 Å². The van der Waals surface area contributed by atoms with Gasteiger partial charge in [0.1, 0.15) is 0 Å². The molecule has 6 heteroatoms. The summed E-state index contributed by atoms with van der Waals surface area (Å²) in [6, 6.07) is 5.02. The molecule has 18 heavy (non-hydrogen) atoms. The molecule has 1 amide bonds. The van der Waals surface area contributed by atoms with Crippen LogP contribution in [0.1, 0.15) is 17.3 Å². The van der Waals surface area contributed by atoms with Crippen LogP contribution in [0.5, 0.6) is 0 Å². The zero-order chi connectivity index (χ0) is 13.9. The van der Waals surface area contributed by atoms with Crippen molar-refractivity contribution < 1.29 is 4.79 Å². The van der Waals surface area contributed by atoms with E-state index in [0.29, 0.717) is 12.2 Å². The fraction of sp³-hybridized carbons (Fsp3) is 0.333. The quantitative estimate of drug-likeness (QED) is 0.868. The zero-order valence-electron chi connectivity index (χ0n) is 10.1. The molecule has 0 radical (unpaired) electrons. The minimum Gasteiger partial charge on any atom is -0.399 e. The number of nitrogens with two attached hydrogens (primary N) is 1. The van der Waals surface area contributed by atoms with Gasteiger partial charge in [-0.15, -0.1) is 0 Å². The van der Waals surface area contributed by atoms with E-state index in [1.165, 1.54) is 17.0 Å². The lowest BCUT2D eigenvalue weighted by Crippen LogP contribution is -2.31. The molecule has 0 spiro atoms. The normalized spacial score (nSPS) is 11.7. The largest absolute Gasteiger partial charge is 0.399 e. The van der Waals surface area contributed by atoms with Crippen LogP contribution in [-0.2, 0) is 0 Å². The van der Waals surface area contributed by atoms with Gasteiger partial charge in [0.2, 0.25) is 0 Å². The van der Waals surface area contributed by atoms with Crippen molar-refractivity contribution in [1.29, 1.82) is 5.26 Å². The van der Waals surface area contributed by atoms with Crippen LogP contribution < -0.4 is 5.73 Å². The Hall–Kier alpha value is -1.44. The number of anilines is 1. The number of halogens is 2. The highest BCUT2D eigenvalue weighted by Gasteiger charge is 2.19. The van der Waals surface area contributed by atoms with Crippen LogP contribution in [0.25, 0.3) is 0 Å². The van der Waals surface area contributed by atoms with Gasteiger partial charge in [-0.3, -0.25) is 4.79 Å². The minimum atomic E-state index is -0.309. The van der Waals surface area contributed by atoms with Crippen molar-refractivity contribution in [2.24, 2.45) is 5.92 Å². The molecule has 0 aliphatic carbocycles. The molecule has 1 unspecified atom stereocenters. The molecule has 0 saturated carbocycles. The summed E-state index contributed by atoms with van der Waals surface area (Å²) in [5, 5.41) is 9.13. The van der Waals surface area contributed by atoms with Crippen LogP contribution in [0.2, 0.25) is 10.0 Å². The molecule has 1 aromatic rings. The molecule has 0 aliphatic heterocycles. The second-order valence-corrected chi connectivity index (χ2v) is 4.87. The van der Waals surface area contributed by atoms with E-state index in [2.05, 4.69) is 6.07 Å². The highest BCUT2D eigenvalue weighted by Crippen LogP contribution is 2.29. The smallest absolute Gasteiger partial charge is 0.255 e. The maximum absolute atomic E-state index is 12.1. The number of hydrogen-bond donors (Lipinski definition) is 1. The van der Waals surface area contributed by atoms with Crippen LogP contribution in [0.3, 0.4) is 0 Å². The molecular weight excluding hydrogens is 273 g/mol. The van der Waals surface area contributed by atoms with Crippen LogP contribution in [0.15, 0.2) is 12.1 Å². The van der Waals surface area contributed by atoms with Gasteiger partial charge in [0.25, 0.3) is 5.91 Å². The summed E-state index contributed by atoms with van der Waals surface area (Å²) in [4.78, 5) is 13.6. The summed E-state index contributed by atoms with van der Waals surface area (Å²) in [6.07, 6.45) is 0. The van der Waals surface area contributed by atoms with Gasteiger partial charge in [-0.05, 0) is 19.1 Å². The van der Waals surface area contributed by atoms with E-state index in [1.54, 1.807) is 14.0 Å². The number of carbonyl (C=O) groups excluding carboxylic acids is 1. The fourth-order valence-electron chi connectivity index (χ4n) is 1.51. The molecule has 4 nitrogen and oxygen atoms in total. The minimum absolute atomic E-state index is 0.173. The Balaban J connectivity index is 3.01. The molecule has 0 aliphatic rings. The molecule has 1 aromatic carbocycles. The van der Waals surface area contributed by atoms with Crippen molar-refractivity contribution in [2.75, 3.05) is 19.3 Å². The highest BCUT2D eigenvalue weighted by atomic mass is 35.5. The van der Waals surface area contributed by atoms with Crippen LogP contribution >= 0.6 is 23.2 Å². The molecule has 0 heterocycles. The van der Waals surface area contributed by atoms with Crippen molar-refractivity contribution in [3.8, 4) is 6.07 Å². The van der Waals surface area contributed by atoms with Gasteiger partial charge in [-0.2, -0.15) is 5.26 Å². The number of amides is 1. The number of hydrogen-bond acceptors (Lipinski definition) is 3. The number of rotatable bonds is 3. The average molecular weight is 286 g/mol. The molecule has 0 aromatic heterocycles. The molecule has 0 bridgehead atoms. The topological polar surface area (TPSA) is 70.1 Å². The second-order valence-electron chi connectivity index (χ2n) is 4.08. The number of nitrogens with zero attached hydrogens (tertiary/aromatic N) is 2. The summed E-state index contributed by atoms with van der Waals surface area (Å²) in [7, 11) is 1.60. The third-order valence-electron chi connectivity index (χ3n) is 2.40.